The molecule has 1 aromatic carbocycles. The number of piperazine rings is 1. The number of nitrogens with zero attached hydrogens (tertiary/aromatic N) is 2. The van der Waals surface area contributed by atoms with Crippen molar-refractivity contribution in [2.75, 3.05) is 44.2 Å². The Bertz CT molecular complexity index is 392. The van der Waals surface area contributed by atoms with Crippen molar-refractivity contribution in [3.8, 4) is 0 Å². The Morgan fingerprint density at radius 3 is 2.42 bits per heavy atom. The van der Waals surface area contributed by atoms with Crippen molar-refractivity contribution < 1.29 is 0 Å². The van der Waals surface area contributed by atoms with Crippen LogP contribution in [0, 0.1) is 0 Å². The molecule has 0 spiro atoms. The summed E-state index contributed by atoms with van der Waals surface area (Å²) < 4.78 is 0. The number of rotatable bonds is 2. The first kappa shape index (κ1) is 13.2. The second kappa shape index (κ2) is 6.12. The van der Waals surface area contributed by atoms with Crippen LogP contribution >= 0.6 is 11.6 Å². The van der Waals surface area contributed by atoms with Crippen LogP contribution in [-0.2, 0) is 0 Å². The molecule has 0 aromatic heterocycles. The summed E-state index contributed by atoms with van der Waals surface area (Å²) in [5.41, 5.74) is 1.30. The molecular weight excluding hydrogens is 258 g/mol. The van der Waals surface area contributed by atoms with Crippen LogP contribution in [0.1, 0.15) is 12.8 Å². The maximum absolute atomic E-state index is 5.94. The van der Waals surface area contributed by atoms with Crippen LogP contribution < -0.4 is 10.2 Å². The molecule has 1 N–H and O–H groups in total. The molecule has 2 saturated heterocycles. The van der Waals surface area contributed by atoms with Gasteiger partial charge in [0.25, 0.3) is 0 Å². The highest BCUT2D eigenvalue weighted by Gasteiger charge is 2.24. The Labute approximate surface area is 120 Å². The zero-order chi connectivity index (χ0) is 13.1. The summed E-state index contributed by atoms with van der Waals surface area (Å²) >= 11 is 5.94. The second-order valence-corrected chi connectivity index (χ2v) is 5.94. The normalized spacial score (nSPS) is 25.5. The summed E-state index contributed by atoms with van der Waals surface area (Å²) in [6, 6.07) is 8.96. The number of nitrogens with one attached hydrogen (secondary N) is 1. The van der Waals surface area contributed by atoms with Gasteiger partial charge in [-0.1, -0.05) is 11.6 Å². The van der Waals surface area contributed by atoms with Crippen LogP contribution in [0.5, 0.6) is 0 Å². The lowest BCUT2D eigenvalue weighted by molar-refractivity contribution is 0.157. The van der Waals surface area contributed by atoms with E-state index < -0.39 is 0 Å². The van der Waals surface area contributed by atoms with Gasteiger partial charge in [-0.2, -0.15) is 0 Å². The summed E-state index contributed by atoms with van der Waals surface area (Å²) in [7, 11) is 0. The molecule has 3 rings (SSSR count). The molecule has 2 heterocycles. The summed E-state index contributed by atoms with van der Waals surface area (Å²) in [5.74, 6) is 0. The van der Waals surface area contributed by atoms with E-state index in [4.69, 9.17) is 11.6 Å². The molecule has 0 radical (unpaired) electrons. The van der Waals surface area contributed by atoms with E-state index in [-0.39, 0.29) is 0 Å². The zero-order valence-corrected chi connectivity index (χ0v) is 12.1. The standard InChI is InChI=1S/C15H22ClN3/c16-13-3-5-14(6-4-13)18-8-10-19(11-9-18)15-2-1-7-17-12-15/h3-6,15,17H,1-2,7-12H2. The third-order valence-electron chi connectivity index (χ3n) is 4.29. The fourth-order valence-electron chi connectivity index (χ4n) is 3.14. The van der Waals surface area contributed by atoms with Crippen LogP contribution in [0.15, 0.2) is 24.3 Å². The van der Waals surface area contributed by atoms with Crippen molar-refractivity contribution in [2.24, 2.45) is 0 Å². The lowest BCUT2D eigenvalue weighted by Crippen LogP contribution is -2.54. The van der Waals surface area contributed by atoms with E-state index in [1.807, 2.05) is 12.1 Å². The third-order valence-corrected chi connectivity index (χ3v) is 4.55. The SMILES string of the molecule is Clc1ccc(N2CCN(C3CCCNC3)CC2)cc1. The molecule has 0 amide bonds. The fraction of sp³-hybridized carbons (Fsp3) is 0.600. The average Bonchev–Trinajstić information content (AvgIpc) is 2.49. The van der Waals surface area contributed by atoms with Gasteiger partial charge < -0.3 is 10.2 Å². The Morgan fingerprint density at radius 1 is 1.05 bits per heavy atom. The van der Waals surface area contributed by atoms with Gasteiger partial charge in [-0.25, -0.2) is 0 Å². The number of hydrogen-bond acceptors (Lipinski definition) is 3. The summed E-state index contributed by atoms with van der Waals surface area (Å²) in [5, 5.41) is 4.33. The number of hydrogen-bond donors (Lipinski definition) is 1. The Hall–Kier alpha value is -0.770. The van der Waals surface area contributed by atoms with Gasteiger partial charge in [0.15, 0.2) is 0 Å². The Morgan fingerprint density at radius 2 is 1.79 bits per heavy atom. The van der Waals surface area contributed by atoms with Gasteiger partial charge in [0.1, 0.15) is 0 Å². The molecule has 2 fully saturated rings. The molecule has 2 aliphatic rings. The molecule has 19 heavy (non-hydrogen) atoms. The van der Waals surface area contributed by atoms with Crippen molar-refractivity contribution in [3.05, 3.63) is 29.3 Å². The predicted molar refractivity (Wildman–Crippen MR) is 81.1 cm³/mol. The molecule has 3 nitrogen and oxygen atoms in total. The van der Waals surface area contributed by atoms with Gasteiger partial charge in [0, 0.05) is 49.5 Å². The Balaban J connectivity index is 1.55. The van der Waals surface area contributed by atoms with Crippen molar-refractivity contribution >= 4 is 17.3 Å². The molecule has 4 heteroatoms. The highest BCUT2D eigenvalue weighted by molar-refractivity contribution is 6.30. The van der Waals surface area contributed by atoms with Gasteiger partial charge >= 0.3 is 0 Å². The predicted octanol–water partition coefficient (Wildman–Crippen LogP) is 2.21. The van der Waals surface area contributed by atoms with Gasteiger partial charge in [0.2, 0.25) is 0 Å². The first-order valence-electron chi connectivity index (χ1n) is 7.28. The van der Waals surface area contributed by atoms with E-state index in [2.05, 4.69) is 27.2 Å². The van der Waals surface area contributed by atoms with Crippen molar-refractivity contribution in [2.45, 2.75) is 18.9 Å². The molecule has 2 aliphatic heterocycles. The zero-order valence-electron chi connectivity index (χ0n) is 11.3. The minimum absolute atomic E-state index is 0.751. The minimum atomic E-state index is 0.751. The van der Waals surface area contributed by atoms with E-state index in [0.29, 0.717) is 0 Å². The number of piperidine rings is 1. The van der Waals surface area contributed by atoms with E-state index in [9.17, 15) is 0 Å². The highest BCUT2D eigenvalue weighted by Crippen LogP contribution is 2.21. The van der Waals surface area contributed by atoms with E-state index >= 15 is 0 Å². The lowest BCUT2D eigenvalue weighted by atomic mass is 10.0. The summed E-state index contributed by atoms with van der Waals surface area (Å²) in [6.45, 7) is 6.96. The van der Waals surface area contributed by atoms with Gasteiger partial charge in [-0.3, -0.25) is 4.90 Å². The highest BCUT2D eigenvalue weighted by atomic mass is 35.5. The monoisotopic (exact) mass is 279 g/mol. The van der Waals surface area contributed by atoms with Crippen molar-refractivity contribution in [3.63, 3.8) is 0 Å². The minimum Gasteiger partial charge on any atom is -0.369 e. The molecule has 0 bridgehead atoms. The molecule has 1 atom stereocenters. The van der Waals surface area contributed by atoms with Crippen LogP contribution in [0.2, 0.25) is 5.02 Å². The lowest BCUT2D eigenvalue weighted by Gasteiger charge is -2.41. The fourth-order valence-corrected chi connectivity index (χ4v) is 3.27. The first-order valence-corrected chi connectivity index (χ1v) is 7.66. The third kappa shape index (κ3) is 3.22. The molecule has 0 aliphatic carbocycles. The van der Waals surface area contributed by atoms with Gasteiger partial charge in [0.05, 0.1) is 0 Å². The maximum Gasteiger partial charge on any atom is 0.0407 e. The second-order valence-electron chi connectivity index (χ2n) is 5.50. The number of anilines is 1. The van der Waals surface area contributed by atoms with Crippen LogP contribution in [0.3, 0.4) is 0 Å². The molecule has 0 saturated carbocycles. The van der Waals surface area contributed by atoms with Gasteiger partial charge in [-0.15, -0.1) is 0 Å². The number of halogens is 1. The number of benzene rings is 1. The van der Waals surface area contributed by atoms with Gasteiger partial charge in [-0.05, 0) is 43.7 Å². The first-order chi connectivity index (χ1) is 9.33. The largest absolute Gasteiger partial charge is 0.369 e. The van der Waals surface area contributed by atoms with Crippen LogP contribution in [0.4, 0.5) is 5.69 Å². The Kier molecular flexibility index (Phi) is 4.26. The van der Waals surface area contributed by atoms with Crippen LogP contribution in [-0.4, -0.2) is 50.2 Å². The van der Waals surface area contributed by atoms with E-state index in [0.717, 1.165) is 24.2 Å². The molecule has 104 valence electrons. The average molecular weight is 280 g/mol. The van der Waals surface area contributed by atoms with E-state index in [1.165, 1.54) is 44.7 Å². The molecule has 1 unspecified atom stereocenters. The summed E-state index contributed by atoms with van der Waals surface area (Å²) in [4.78, 5) is 5.11. The quantitative estimate of drug-likeness (QED) is 0.896. The van der Waals surface area contributed by atoms with E-state index in [1.54, 1.807) is 0 Å². The van der Waals surface area contributed by atoms with Crippen molar-refractivity contribution in [1.82, 2.24) is 10.2 Å². The van der Waals surface area contributed by atoms with Crippen LogP contribution in [0.25, 0.3) is 0 Å². The maximum atomic E-state index is 5.94. The smallest absolute Gasteiger partial charge is 0.0407 e. The topological polar surface area (TPSA) is 18.5 Å². The summed E-state index contributed by atoms with van der Waals surface area (Å²) in [6.07, 6.45) is 2.68. The molecule has 1 aromatic rings. The molecular formula is C15H22ClN3. The van der Waals surface area contributed by atoms with Crippen molar-refractivity contribution in [1.29, 1.82) is 0 Å².